The Bertz CT molecular complexity index is 1540. The smallest absolute Gasteiger partial charge is 0.447 e. The summed E-state index contributed by atoms with van der Waals surface area (Å²) in [4.78, 5) is 16.9. The highest BCUT2D eigenvalue weighted by molar-refractivity contribution is 8.00. The summed E-state index contributed by atoms with van der Waals surface area (Å²) in [7, 11) is 0. The number of rotatable bonds is 16. The number of nitrogens with zero attached hydrogens (tertiary/aromatic N) is 5. The van der Waals surface area contributed by atoms with Crippen LogP contribution in [0.2, 0.25) is 0 Å². The number of fused-ring (bicyclic) bond motifs is 1. The molecule has 1 fully saturated rings. The number of carbonyl (C=O) groups is 1. The first-order chi connectivity index (χ1) is 22.4. The van der Waals surface area contributed by atoms with E-state index in [9.17, 15) is 26.7 Å². The van der Waals surface area contributed by atoms with Crippen molar-refractivity contribution in [2.24, 2.45) is 11.7 Å². The number of anilines is 1. The molecule has 0 bridgehead atoms. The standard InChI is InChI=1S/C29H36F5N7O5S/c30-28(31,19-42)18-39-9-5-22(20(16-39)6-11-45-13-14-46-12-10-40-17-21(15-36-40)27(43)44)37-23-4-2-8-41-25(23)38-24(3-1-7-35)26(41)47-29(32,33)34/h2,4,8,15,17,20,22,37,42H,5-7,9-14,16,18-19,35H2,(H,43,44)/t20-,22-/m0/s1. The molecule has 0 saturated carbocycles. The van der Waals surface area contributed by atoms with Gasteiger partial charge >= 0.3 is 11.5 Å². The van der Waals surface area contributed by atoms with E-state index in [1.807, 2.05) is 0 Å². The monoisotopic (exact) mass is 689 g/mol. The SMILES string of the molecule is NCC#Cc1nc2c(N[C@H]3CCN(CC(F)(F)CO)C[C@@H]3CCOCCOCCn3cc(C(=O)O)cn3)cccn2c1SC(F)(F)F. The molecule has 2 atom stereocenters. The predicted octanol–water partition coefficient (Wildman–Crippen LogP) is 3.00. The largest absolute Gasteiger partial charge is 0.478 e. The zero-order valence-electron chi connectivity index (χ0n) is 25.3. The molecule has 5 N–H and O–H groups in total. The second-order valence-electron chi connectivity index (χ2n) is 10.8. The van der Waals surface area contributed by atoms with Gasteiger partial charge in [-0.15, -0.1) is 0 Å². The lowest BCUT2D eigenvalue weighted by Gasteiger charge is -2.40. The molecular weight excluding hydrogens is 653 g/mol. The van der Waals surface area contributed by atoms with Crippen LogP contribution in [-0.2, 0) is 16.0 Å². The Kier molecular flexibility index (Phi) is 12.8. The van der Waals surface area contributed by atoms with Crippen molar-refractivity contribution >= 4 is 29.1 Å². The first-order valence-corrected chi connectivity index (χ1v) is 15.6. The number of hydrogen-bond donors (Lipinski definition) is 4. The van der Waals surface area contributed by atoms with Crippen LogP contribution in [0.5, 0.6) is 0 Å². The normalized spacial score (nSPS) is 17.5. The van der Waals surface area contributed by atoms with E-state index >= 15 is 0 Å². The van der Waals surface area contributed by atoms with Crippen LogP contribution >= 0.6 is 11.8 Å². The van der Waals surface area contributed by atoms with Crippen molar-refractivity contribution in [3.05, 3.63) is 42.0 Å². The molecule has 3 aromatic rings. The summed E-state index contributed by atoms with van der Waals surface area (Å²) in [5.41, 5.74) is 1.57. The van der Waals surface area contributed by atoms with Crippen molar-refractivity contribution in [3.8, 4) is 11.8 Å². The van der Waals surface area contributed by atoms with E-state index in [2.05, 4.69) is 27.2 Å². The van der Waals surface area contributed by atoms with Gasteiger partial charge in [-0.3, -0.25) is 14.0 Å². The number of aromatic carboxylic acids is 1. The number of alkyl halides is 5. The second-order valence-corrected chi connectivity index (χ2v) is 11.8. The Balaban J connectivity index is 1.39. The van der Waals surface area contributed by atoms with Crippen molar-refractivity contribution < 1.29 is 46.4 Å². The van der Waals surface area contributed by atoms with Gasteiger partial charge in [0.25, 0.3) is 5.92 Å². The Morgan fingerprint density at radius 1 is 1.19 bits per heavy atom. The number of nitrogens with one attached hydrogen (secondary N) is 1. The minimum atomic E-state index is -4.58. The topological polar surface area (TPSA) is 152 Å². The van der Waals surface area contributed by atoms with E-state index in [1.54, 1.807) is 17.0 Å². The minimum absolute atomic E-state index is 0.0560. The van der Waals surface area contributed by atoms with E-state index in [0.717, 1.165) is 0 Å². The molecule has 1 aliphatic heterocycles. The van der Waals surface area contributed by atoms with Crippen molar-refractivity contribution in [2.75, 3.05) is 64.5 Å². The molecule has 1 aliphatic rings. The van der Waals surface area contributed by atoms with Gasteiger partial charge in [-0.05, 0) is 36.8 Å². The number of aromatic nitrogens is 4. The van der Waals surface area contributed by atoms with Crippen LogP contribution in [0.25, 0.3) is 5.65 Å². The maximum atomic E-state index is 14.0. The van der Waals surface area contributed by atoms with Crippen molar-refractivity contribution in [2.45, 2.75) is 41.9 Å². The van der Waals surface area contributed by atoms with Gasteiger partial charge in [0.05, 0.1) is 56.9 Å². The number of aliphatic hydroxyl groups is 1. The third-order valence-corrected chi connectivity index (χ3v) is 8.14. The molecule has 18 heteroatoms. The number of likely N-dealkylation sites (tertiary alicyclic amines) is 1. The highest BCUT2D eigenvalue weighted by atomic mass is 32.2. The Labute approximate surface area is 271 Å². The van der Waals surface area contributed by atoms with Gasteiger partial charge < -0.3 is 30.7 Å². The molecule has 1 saturated heterocycles. The molecule has 0 radical (unpaired) electrons. The van der Waals surface area contributed by atoms with E-state index in [0.29, 0.717) is 31.6 Å². The van der Waals surface area contributed by atoms with Crippen LogP contribution in [0.1, 0.15) is 28.9 Å². The number of pyridine rings is 1. The molecule has 0 spiro atoms. The van der Waals surface area contributed by atoms with Crippen molar-refractivity contribution in [3.63, 3.8) is 0 Å². The summed E-state index contributed by atoms with van der Waals surface area (Å²) in [6, 6.07) is 3.02. The van der Waals surface area contributed by atoms with Crippen LogP contribution in [-0.4, -0.2) is 117 Å². The van der Waals surface area contributed by atoms with Gasteiger partial charge in [0.2, 0.25) is 0 Å². The molecule has 12 nitrogen and oxygen atoms in total. The van der Waals surface area contributed by atoms with Gasteiger partial charge in [0.1, 0.15) is 17.3 Å². The third-order valence-electron chi connectivity index (χ3n) is 7.32. The van der Waals surface area contributed by atoms with Crippen LogP contribution in [0.3, 0.4) is 0 Å². The van der Waals surface area contributed by atoms with Crippen LogP contribution in [0.15, 0.2) is 35.7 Å². The summed E-state index contributed by atoms with van der Waals surface area (Å²) in [5, 5.41) is 25.2. The molecule has 0 amide bonds. The Morgan fingerprint density at radius 3 is 2.64 bits per heavy atom. The number of nitrogens with two attached hydrogens (primary N) is 1. The van der Waals surface area contributed by atoms with E-state index in [-0.39, 0.29) is 85.2 Å². The zero-order chi connectivity index (χ0) is 34.0. The maximum absolute atomic E-state index is 14.0. The molecule has 0 aliphatic carbocycles. The van der Waals surface area contributed by atoms with Crippen LogP contribution in [0.4, 0.5) is 27.6 Å². The minimum Gasteiger partial charge on any atom is -0.478 e. The third kappa shape index (κ3) is 10.8. The second kappa shape index (κ2) is 16.6. The van der Waals surface area contributed by atoms with E-state index in [4.69, 9.17) is 25.4 Å². The fourth-order valence-corrected chi connectivity index (χ4v) is 5.86. The average Bonchev–Trinajstić information content (AvgIpc) is 3.63. The van der Waals surface area contributed by atoms with Gasteiger partial charge in [-0.1, -0.05) is 5.92 Å². The first-order valence-electron chi connectivity index (χ1n) is 14.7. The molecule has 258 valence electrons. The lowest BCUT2D eigenvalue weighted by atomic mass is 9.89. The number of thioether (sulfide) groups is 1. The van der Waals surface area contributed by atoms with Crippen molar-refractivity contribution in [1.29, 1.82) is 0 Å². The fraction of sp³-hybridized carbons (Fsp3) is 0.552. The Morgan fingerprint density at radius 2 is 1.96 bits per heavy atom. The summed E-state index contributed by atoms with van der Waals surface area (Å²) in [6.45, 7) is 0.110. The zero-order valence-corrected chi connectivity index (χ0v) is 26.1. The van der Waals surface area contributed by atoms with Crippen LogP contribution in [0, 0.1) is 17.8 Å². The highest BCUT2D eigenvalue weighted by Gasteiger charge is 2.37. The molecule has 47 heavy (non-hydrogen) atoms. The molecule has 3 aromatic heterocycles. The van der Waals surface area contributed by atoms with Gasteiger partial charge in [-0.25, -0.2) is 18.6 Å². The average molecular weight is 690 g/mol. The van der Waals surface area contributed by atoms with Gasteiger partial charge in [0.15, 0.2) is 5.65 Å². The predicted molar refractivity (Wildman–Crippen MR) is 162 cm³/mol. The van der Waals surface area contributed by atoms with Crippen LogP contribution < -0.4 is 11.1 Å². The lowest BCUT2D eigenvalue weighted by molar-refractivity contribution is -0.0797. The van der Waals surface area contributed by atoms with E-state index in [1.165, 1.54) is 27.7 Å². The fourth-order valence-electron chi connectivity index (χ4n) is 5.20. The van der Waals surface area contributed by atoms with Crippen molar-refractivity contribution in [1.82, 2.24) is 24.1 Å². The summed E-state index contributed by atoms with van der Waals surface area (Å²) >= 11 is -0.323. The number of piperidine rings is 1. The summed E-state index contributed by atoms with van der Waals surface area (Å²) in [6.07, 6.45) is 5.03. The molecule has 0 aromatic carbocycles. The van der Waals surface area contributed by atoms with Gasteiger partial charge in [0, 0.05) is 49.9 Å². The molecule has 4 heterocycles. The number of carboxylic acid groups (broad SMARTS) is 1. The highest BCUT2D eigenvalue weighted by Crippen LogP contribution is 2.40. The number of ether oxygens (including phenoxy) is 2. The van der Waals surface area contributed by atoms with E-state index < -0.39 is 30.6 Å². The Hall–Kier alpha value is -3.47. The quantitative estimate of drug-likeness (QED) is 0.0761. The number of hydrogen-bond acceptors (Lipinski definition) is 10. The maximum Gasteiger partial charge on any atom is 0.447 e. The lowest BCUT2D eigenvalue weighted by Crippen LogP contribution is -2.50. The summed E-state index contributed by atoms with van der Waals surface area (Å²) in [5.74, 6) is 0.643. The first kappa shape index (κ1) is 36.4. The number of imidazole rings is 1. The molecular formula is C29H36F5N7O5S. The number of halogens is 5. The molecule has 4 rings (SSSR count). The molecule has 0 unspecified atom stereocenters. The number of carboxylic acids is 1. The number of aliphatic hydroxyl groups excluding tert-OH is 1. The van der Waals surface area contributed by atoms with Gasteiger partial charge in [-0.2, -0.15) is 18.3 Å². The summed E-state index contributed by atoms with van der Waals surface area (Å²) < 4.78 is 82.3.